The van der Waals surface area contributed by atoms with Gasteiger partial charge in [-0.15, -0.1) is 0 Å². The van der Waals surface area contributed by atoms with Crippen molar-refractivity contribution in [2.75, 3.05) is 19.6 Å². The zero-order valence-corrected chi connectivity index (χ0v) is 25.1. The van der Waals surface area contributed by atoms with E-state index < -0.39 is 53.8 Å². The van der Waals surface area contributed by atoms with Crippen molar-refractivity contribution in [1.82, 2.24) is 31.5 Å². The third-order valence-corrected chi connectivity index (χ3v) is 7.48. The number of nitrogens with one attached hydrogen (secondary N) is 5. The van der Waals surface area contributed by atoms with Crippen LogP contribution in [0.4, 0.5) is 0 Å². The fourth-order valence-corrected chi connectivity index (χ4v) is 5.15. The summed E-state index contributed by atoms with van der Waals surface area (Å²) in [5.74, 6) is -3.95. The molecule has 5 atom stereocenters. The fraction of sp³-hybridized carbons (Fsp3) is 0.786. The second kappa shape index (κ2) is 15.7. The lowest BCUT2D eigenvalue weighted by molar-refractivity contribution is -0.145. The van der Waals surface area contributed by atoms with Crippen LogP contribution in [0.15, 0.2) is 0 Å². The lowest BCUT2D eigenvalue weighted by Crippen LogP contribution is -2.58. The van der Waals surface area contributed by atoms with Crippen LogP contribution < -0.4 is 26.6 Å². The second-order valence-electron chi connectivity index (χ2n) is 12.1. The van der Waals surface area contributed by atoms with Crippen molar-refractivity contribution in [3.8, 4) is 0 Å². The predicted molar refractivity (Wildman–Crippen MR) is 151 cm³/mol. The maximum Gasteiger partial charge on any atom is 0.326 e. The molecule has 0 spiro atoms. The largest absolute Gasteiger partial charge is 0.480 e. The summed E-state index contributed by atoms with van der Waals surface area (Å²) >= 11 is 0. The molecule has 0 saturated carbocycles. The Kier molecular flexibility index (Phi) is 13.0. The number of rotatable bonds is 14. The van der Waals surface area contributed by atoms with Crippen molar-refractivity contribution in [3.63, 3.8) is 0 Å². The average molecular weight is 581 g/mol. The molecule has 2 aliphatic rings. The number of carboxylic acids is 1. The van der Waals surface area contributed by atoms with Crippen molar-refractivity contribution >= 4 is 35.5 Å². The van der Waals surface area contributed by atoms with E-state index in [2.05, 4.69) is 26.6 Å². The van der Waals surface area contributed by atoms with E-state index in [1.165, 1.54) is 4.90 Å². The molecule has 6 N–H and O–H groups in total. The van der Waals surface area contributed by atoms with Crippen molar-refractivity contribution in [2.45, 2.75) is 104 Å². The molecule has 13 heteroatoms. The molecule has 13 nitrogen and oxygen atoms in total. The third kappa shape index (κ3) is 9.98. The van der Waals surface area contributed by atoms with Gasteiger partial charge in [0.15, 0.2) is 0 Å². The van der Waals surface area contributed by atoms with Gasteiger partial charge in [-0.2, -0.15) is 0 Å². The Morgan fingerprint density at radius 1 is 0.829 bits per heavy atom. The molecule has 0 radical (unpaired) electrons. The van der Waals surface area contributed by atoms with Gasteiger partial charge in [-0.3, -0.25) is 24.0 Å². The molecule has 2 heterocycles. The van der Waals surface area contributed by atoms with Crippen LogP contribution in [0.3, 0.4) is 0 Å². The van der Waals surface area contributed by atoms with Crippen LogP contribution >= 0.6 is 0 Å². The van der Waals surface area contributed by atoms with E-state index >= 15 is 0 Å². The van der Waals surface area contributed by atoms with Gasteiger partial charge in [-0.1, -0.05) is 41.5 Å². The summed E-state index contributed by atoms with van der Waals surface area (Å²) in [7, 11) is 0. The van der Waals surface area contributed by atoms with Gasteiger partial charge in [-0.05, 0) is 56.4 Å². The number of aliphatic carboxylic acids is 1. The van der Waals surface area contributed by atoms with E-state index in [9.17, 15) is 33.9 Å². The Morgan fingerprint density at radius 2 is 1.46 bits per heavy atom. The normalized spacial score (nSPS) is 21.0. The van der Waals surface area contributed by atoms with Crippen molar-refractivity contribution in [2.24, 2.45) is 17.8 Å². The summed E-state index contributed by atoms with van der Waals surface area (Å²) in [6.07, 6.45) is 2.86. The smallest absolute Gasteiger partial charge is 0.326 e. The molecule has 232 valence electrons. The van der Waals surface area contributed by atoms with Crippen molar-refractivity contribution in [3.05, 3.63) is 0 Å². The lowest BCUT2D eigenvalue weighted by Gasteiger charge is -2.28. The molecule has 0 bridgehead atoms. The highest BCUT2D eigenvalue weighted by Crippen LogP contribution is 2.18. The third-order valence-electron chi connectivity index (χ3n) is 7.48. The summed E-state index contributed by atoms with van der Waals surface area (Å²) in [5, 5.41) is 23.2. The second-order valence-corrected chi connectivity index (χ2v) is 12.1. The summed E-state index contributed by atoms with van der Waals surface area (Å²) in [5.41, 5.74) is 0. The number of hydrogen-bond donors (Lipinski definition) is 6. The minimum absolute atomic E-state index is 0.0475. The van der Waals surface area contributed by atoms with Gasteiger partial charge in [0.25, 0.3) is 0 Å². The van der Waals surface area contributed by atoms with Crippen molar-refractivity contribution in [1.29, 1.82) is 0 Å². The minimum atomic E-state index is -1.15. The van der Waals surface area contributed by atoms with E-state index in [4.69, 9.17) is 0 Å². The number of hydrogen-bond acceptors (Lipinski definition) is 7. The first kappa shape index (κ1) is 34.0. The highest BCUT2D eigenvalue weighted by molar-refractivity contribution is 5.95. The van der Waals surface area contributed by atoms with E-state index in [1.807, 2.05) is 27.7 Å². The van der Waals surface area contributed by atoms with Gasteiger partial charge in [0.05, 0.1) is 12.6 Å². The molecule has 2 aliphatic heterocycles. The monoisotopic (exact) mass is 580 g/mol. The molecule has 2 saturated heterocycles. The number of carbonyl (C=O) groups excluding carboxylic acids is 5. The van der Waals surface area contributed by atoms with Gasteiger partial charge < -0.3 is 36.6 Å². The first-order valence-corrected chi connectivity index (χ1v) is 14.7. The van der Waals surface area contributed by atoms with Crippen molar-refractivity contribution < 1.29 is 33.9 Å². The number of likely N-dealkylation sites (tertiary alicyclic amines) is 1. The number of amides is 5. The lowest BCUT2D eigenvalue weighted by atomic mass is 9.99. The predicted octanol–water partition coefficient (Wildman–Crippen LogP) is -0.257. The van der Waals surface area contributed by atoms with Crippen LogP contribution in [0, 0.1) is 17.8 Å². The van der Waals surface area contributed by atoms with Gasteiger partial charge in [0, 0.05) is 6.54 Å². The zero-order chi connectivity index (χ0) is 30.9. The molecule has 0 unspecified atom stereocenters. The minimum Gasteiger partial charge on any atom is -0.480 e. The van der Waals surface area contributed by atoms with Crippen LogP contribution in [0.25, 0.3) is 0 Å². The molecule has 2 fully saturated rings. The van der Waals surface area contributed by atoms with Gasteiger partial charge in [-0.25, -0.2) is 4.79 Å². The zero-order valence-electron chi connectivity index (χ0n) is 25.1. The Labute approximate surface area is 242 Å². The van der Waals surface area contributed by atoms with E-state index in [0.717, 1.165) is 13.0 Å². The molecule has 2 rings (SSSR count). The SMILES string of the molecule is CC(C)C[C@H](NC(=O)[C@@H](NC(=O)[C@@H]1CCCN1)C(C)C)C(=O)NCC(=O)N1CCC[C@H]1C(=O)N[C@H](C(=O)O)C(C)C. The first-order valence-electron chi connectivity index (χ1n) is 14.7. The molecule has 5 amide bonds. The van der Waals surface area contributed by atoms with E-state index in [-0.39, 0.29) is 36.2 Å². The topological polar surface area (TPSA) is 186 Å². The van der Waals surface area contributed by atoms with Gasteiger partial charge in [0.1, 0.15) is 24.2 Å². The van der Waals surface area contributed by atoms with Crippen LogP contribution in [-0.4, -0.2) is 95.4 Å². The standard InChI is InChI=1S/C28H48N6O7/c1-15(2)13-19(31-27(39)22(16(3)4)32-25(37)18-9-7-11-29-18)24(36)30-14-21(35)34-12-8-10-20(34)26(38)33-23(17(5)6)28(40)41/h15-20,22-23,29H,7-14H2,1-6H3,(H,30,36)(H,31,39)(H,32,37)(H,33,38)(H,40,41)/t18-,19-,20-,22-,23-/m0/s1. The Balaban J connectivity index is 2.01. The summed E-state index contributed by atoms with van der Waals surface area (Å²) in [6.45, 7) is 11.5. The first-order chi connectivity index (χ1) is 19.2. The quantitative estimate of drug-likeness (QED) is 0.162. The molecular formula is C28H48N6O7. The molecule has 41 heavy (non-hydrogen) atoms. The molecule has 0 aromatic rings. The molecular weight excluding hydrogens is 532 g/mol. The van der Waals surface area contributed by atoms with E-state index in [0.29, 0.717) is 32.2 Å². The van der Waals surface area contributed by atoms with Crippen LogP contribution in [0.2, 0.25) is 0 Å². The molecule has 0 aliphatic carbocycles. The summed E-state index contributed by atoms with van der Waals surface area (Å²) < 4.78 is 0. The fourth-order valence-electron chi connectivity index (χ4n) is 5.15. The molecule has 0 aromatic carbocycles. The van der Waals surface area contributed by atoms with Crippen LogP contribution in [0.5, 0.6) is 0 Å². The highest BCUT2D eigenvalue weighted by Gasteiger charge is 2.37. The average Bonchev–Trinajstić information content (AvgIpc) is 3.60. The van der Waals surface area contributed by atoms with Crippen LogP contribution in [0.1, 0.15) is 73.6 Å². The van der Waals surface area contributed by atoms with Gasteiger partial charge >= 0.3 is 5.97 Å². The van der Waals surface area contributed by atoms with E-state index in [1.54, 1.807) is 13.8 Å². The molecule has 0 aromatic heterocycles. The maximum absolute atomic E-state index is 13.2. The maximum atomic E-state index is 13.2. The number of carbonyl (C=O) groups is 6. The Hall–Kier alpha value is -3.22. The number of nitrogens with zero attached hydrogens (tertiary/aromatic N) is 1. The summed E-state index contributed by atoms with van der Waals surface area (Å²) in [6, 6.07) is -4.01. The Morgan fingerprint density at radius 3 is 2.00 bits per heavy atom. The summed E-state index contributed by atoms with van der Waals surface area (Å²) in [4.78, 5) is 77.6. The van der Waals surface area contributed by atoms with Gasteiger partial charge in [0.2, 0.25) is 29.5 Å². The Bertz CT molecular complexity index is 964. The van der Waals surface area contributed by atoms with Crippen LogP contribution in [-0.2, 0) is 28.8 Å². The number of carboxylic acid groups (broad SMARTS) is 1. The highest BCUT2D eigenvalue weighted by atomic mass is 16.4.